The van der Waals surface area contributed by atoms with Crippen molar-refractivity contribution < 1.29 is 0 Å². The van der Waals surface area contributed by atoms with Gasteiger partial charge in [0.25, 0.3) is 0 Å². The first-order valence-corrected chi connectivity index (χ1v) is 7.69. The van der Waals surface area contributed by atoms with Gasteiger partial charge in [0.2, 0.25) is 0 Å². The Morgan fingerprint density at radius 3 is 2.58 bits per heavy atom. The van der Waals surface area contributed by atoms with Crippen LogP contribution in [0.15, 0.2) is 6.07 Å². The van der Waals surface area contributed by atoms with Crippen LogP contribution in [0.3, 0.4) is 0 Å². The summed E-state index contributed by atoms with van der Waals surface area (Å²) < 4.78 is 0. The molecule has 1 heterocycles. The van der Waals surface area contributed by atoms with Gasteiger partial charge in [-0.05, 0) is 30.6 Å². The fraction of sp³-hybridized carbons (Fsp3) is 0.714. The van der Waals surface area contributed by atoms with Crippen molar-refractivity contribution in [3.8, 4) is 0 Å². The van der Waals surface area contributed by atoms with Crippen LogP contribution >= 0.6 is 23.2 Å². The molecular formula is C14H21Cl2N3. The number of nitrogens with zero attached hydrogens (tertiary/aromatic N) is 2. The summed E-state index contributed by atoms with van der Waals surface area (Å²) in [5.41, 5.74) is 1.18. The molecular weight excluding hydrogens is 281 g/mol. The molecule has 1 fully saturated rings. The summed E-state index contributed by atoms with van der Waals surface area (Å²) in [6, 6.07) is 1.74. The summed E-state index contributed by atoms with van der Waals surface area (Å²) >= 11 is 11.9. The van der Waals surface area contributed by atoms with E-state index in [1.807, 2.05) is 0 Å². The van der Waals surface area contributed by atoms with E-state index in [9.17, 15) is 0 Å². The fourth-order valence-electron chi connectivity index (χ4n) is 3.20. The third-order valence-corrected chi connectivity index (χ3v) is 4.34. The highest BCUT2D eigenvalue weighted by Gasteiger charge is 2.34. The first kappa shape index (κ1) is 14.9. The number of rotatable bonds is 5. The van der Waals surface area contributed by atoms with E-state index in [4.69, 9.17) is 23.2 Å². The van der Waals surface area contributed by atoms with Gasteiger partial charge in [-0.3, -0.25) is 0 Å². The lowest BCUT2D eigenvalue weighted by Crippen LogP contribution is -2.28. The van der Waals surface area contributed by atoms with Gasteiger partial charge < -0.3 is 5.32 Å². The molecule has 0 amide bonds. The van der Waals surface area contributed by atoms with E-state index in [1.165, 1.54) is 32.1 Å². The third kappa shape index (κ3) is 3.96. The molecule has 0 spiro atoms. The van der Waals surface area contributed by atoms with Crippen LogP contribution in [0.2, 0.25) is 10.3 Å². The first-order chi connectivity index (χ1) is 9.01. The largest absolute Gasteiger partial charge is 0.382 e. The maximum atomic E-state index is 6.04. The molecule has 1 aromatic heterocycles. The lowest BCUT2D eigenvalue weighted by molar-refractivity contribution is 0.252. The molecule has 19 heavy (non-hydrogen) atoms. The predicted molar refractivity (Wildman–Crippen MR) is 80.9 cm³/mol. The van der Waals surface area contributed by atoms with E-state index in [0.717, 1.165) is 18.2 Å². The molecule has 106 valence electrons. The van der Waals surface area contributed by atoms with Crippen molar-refractivity contribution in [2.24, 2.45) is 11.3 Å². The topological polar surface area (TPSA) is 37.8 Å². The number of hydrogen-bond donors (Lipinski definition) is 1. The van der Waals surface area contributed by atoms with Crippen LogP contribution in [0.4, 0.5) is 5.69 Å². The Labute approximate surface area is 125 Å². The van der Waals surface area contributed by atoms with Crippen LogP contribution < -0.4 is 5.32 Å². The Hall–Kier alpha value is -0.540. The number of aromatic nitrogens is 2. The van der Waals surface area contributed by atoms with Gasteiger partial charge in [0, 0.05) is 12.6 Å². The Balaban J connectivity index is 2.04. The quantitative estimate of drug-likeness (QED) is 0.848. The van der Waals surface area contributed by atoms with Gasteiger partial charge in [-0.15, -0.1) is 10.2 Å². The van der Waals surface area contributed by atoms with E-state index < -0.39 is 0 Å². The number of halogens is 2. The summed E-state index contributed by atoms with van der Waals surface area (Å²) in [5.74, 6) is 0.717. The molecule has 0 radical (unpaired) electrons. The normalized spacial score (nSPS) is 17.9. The minimum absolute atomic E-state index is 0.372. The van der Waals surface area contributed by atoms with Crippen LogP contribution in [-0.4, -0.2) is 16.7 Å². The lowest BCUT2D eigenvalue weighted by atomic mass is 9.78. The Kier molecular flexibility index (Phi) is 4.91. The molecule has 0 atom stereocenters. The standard InChI is InChI=1S/C14H21Cl2N3/c1-10(2)8-14(5-3-4-6-14)9-17-11-7-12(15)18-19-13(11)16/h7,10H,3-6,8-9H2,1-2H3,(H,17,18). The smallest absolute Gasteiger partial charge is 0.174 e. The Morgan fingerprint density at radius 2 is 1.95 bits per heavy atom. The van der Waals surface area contributed by atoms with Crippen molar-refractivity contribution >= 4 is 28.9 Å². The van der Waals surface area contributed by atoms with E-state index >= 15 is 0 Å². The highest BCUT2D eigenvalue weighted by Crippen LogP contribution is 2.43. The van der Waals surface area contributed by atoms with Crippen molar-refractivity contribution in [2.75, 3.05) is 11.9 Å². The van der Waals surface area contributed by atoms with E-state index in [0.29, 0.717) is 15.7 Å². The summed E-state index contributed by atoms with van der Waals surface area (Å²) in [4.78, 5) is 0. The number of anilines is 1. The highest BCUT2D eigenvalue weighted by molar-refractivity contribution is 6.33. The second-order valence-corrected chi connectivity index (χ2v) is 6.78. The summed E-state index contributed by atoms with van der Waals surface area (Å²) in [6.45, 7) is 5.52. The molecule has 2 rings (SSSR count). The van der Waals surface area contributed by atoms with Gasteiger partial charge >= 0.3 is 0 Å². The molecule has 1 saturated carbocycles. The number of hydrogen-bond acceptors (Lipinski definition) is 3. The number of nitrogens with one attached hydrogen (secondary N) is 1. The minimum Gasteiger partial charge on any atom is -0.382 e. The fourth-order valence-corrected chi connectivity index (χ4v) is 3.51. The van der Waals surface area contributed by atoms with Gasteiger partial charge in [0.15, 0.2) is 10.3 Å². The molecule has 1 N–H and O–H groups in total. The molecule has 0 unspecified atom stereocenters. The monoisotopic (exact) mass is 301 g/mol. The van der Waals surface area contributed by atoms with Crippen molar-refractivity contribution in [3.05, 3.63) is 16.4 Å². The molecule has 1 aliphatic rings. The Bertz CT molecular complexity index is 429. The van der Waals surface area contributed by atoms with Gasteiger partial charge in [-0.2, -0.15) is 0 Å². The van der Waals surface area contributed by atoms with Crippen molar-refractivity contribution in [3.63, 3.8) is 0 Å². The zero-order chi connectivity index (χ0) is 13.9. The molecule has 1 aliphatic carbocycles. The van der Waals surface area contributed by atoms with Gasteiger partial charge in [0.05, 0.1) is 5.69 Å². The van der Waals surface area contributed by atoms with Crippen LogP contribution in [0.5, 0.6) is 0 Å². The lowest BCUT2D eigenvalue weighted by Gasteiger charge is -2.31. The second-order valence-electron chi connectivity index (χ2n) is 6.03. The van der Waals surface area contributed by atoms with E-state index in [1.54, 1.807) is 6.07 Å². The molecule has 0 aromatic carbocycles. The van der Waals surface area contributed by atoms with Crippen LogP contribution in [0.1, 0.15) is 46.0 Å². The zero-order valence-electron chi connectivity index (χ0n) is 11.5. The van der Waals surface area contributed by atoms with Crippen molar-refractivity contribution in [1.82, 2.24) is 10.2 Å². The maximum Gasteiger partial charge on any atom is 0.174 e. The summed E-state index contributed by atoms with van der Waals surface area (Å²) in [7, 11) is 0. The van der Waals surface area contributed by atoms with Gasteiger partial charge in [0.1, 0.15) is 0 Å². The summed E-state index contributed by atoms with van der Waals surface area (Å²) in [5, 5.41) is 11.7. The molecule has 0 bridgehead atoms. The first-order valence-electron chi connectivity index (χ1n) is 6.93. The van der Waals surface area contributed by atoms with Crippen LogP contribution in [0.25, 0.3) is 0 Å². The molecule has 0 saturated heterocycles. The van der Waals surface area contributed by atoms with Crippen molar-refractivity contribution in [2.45, 2.75) is 46.0 Å². The third-order valence-electron chi connectivity index (χ3n) is 3.88. The van der Waals surface area contributed by atoms with Crippen LogP contribution in [-0.2, 0) is 0 Å². The molecule has 5 heteroatoms. The van der Waals surface area contributed by atoms with E-state index in [-0.39, 0.29) is 0 Å². The van der Waals surface area contributed by atoms with Gasteiger partial charge in [-0.1, -0.05) is 49.9 Å². The predicted octanol–water partition coefficient (Wildman–Crippen LogP) is 4.80. The average molecular weight is 302 g/mol. The molecule has 0 aliphatic heterocycles. The Morgan fingerprint density at radius 1 is 1.26 bits per heavy atom. The SMILES string of the molecule is CC(C)CC1(CNc2cc(Cl)nnc2Cl)CCCC1. The molecule has 3 nitrogen and oxygen atoms in total. The zero-order valence-corrected chi connectivity index (χ0v) is 13.1. The van der Waals surface area contributed by atoms with E-state index in [2.05, 4.69) is 29.4 Å². The highest BCUT2D eigenvalue weighted by atomic mass is 35.5. The summed E-state index contributed by atoms with van der Waals surface area (Å²) in [6.07, 6.45) is 6.50. The second kappa shape index (κ2) is 6.27. The maximum absolute atomic E-state index is 6.04. The molecule has 1 aromatic rings. The average Bonchev–Trinajstić information content (AvgIpc) is 2.78. The minimum atomic E-state index is 0.372. The van der Waals surface area contributed by atoms with Crippen LogP contribution in [0, 0.1) is 11.3 Å². The van der Waals surface area contributed by atoms with Gasteiger partial charge in [-0.25, -0.2) is 0 Å². The van der Waals surface area contributed by atoms with Crippen molar-refractivity contribution in [1.29, 1.82) is 0 Å².